The summed E-state index contributed by atoms with van der Waals surface area (Å²) in [6.07, 6.45) is 0. The second-order valence-corrected chi connectivity index (χ2v) is 3.38. The van der Waals surface area contributed by atoms with Crippen LogP contribution in [0.4, 0.5) is 0 Å². The van der Waals surface area contributed by atoms with Gasteiger partial charge in [-0.25, -0.2) is 0 Å². The maximum absolute atomic E-state index is 5.64. The van der Waals surface area contributed by atoms with Gasteiger partial charge in [-0.3, -0.25) is 0 Å². The molecule has 0 aliphatic rings. The first kappa shape index (κ1) is 11.0. The first-order valence-electron chi connectivity index (χ1n) is 2.30. The molecule has 0 atom stereocenters. The molecule has 1 aromatic rings. The van der Waals surface area contributed by atoms with Crippen LogP contribution in [-0.2, 0) is 0 Å². The van der Waals surface area contributed by atoms with Crippen LogP contribution in [0.15, 0.2) is 22.7 Å². The highest BCUT2D eigenvalue weighted by Crippen LogP contribution is 2.22. The van der Waals surface area contributed by atoms with Crippen LogP contribution in [-0.4, -0.2) is 23.1 Å². The molecule has 52 valence electrons. The standard InChI is InChI=1S/C6H3BrCl2.Mg.2H/c7-4-1-5(8)3-6(9)2-4;;;/h1-3H;;;. The number of benzene rings is 1. The van der Waals surface area contributed by atoms with Crippen LogP contribution in [0.1, 0.15) is 0 Å². The van der Waals surface area contributed by atoms with Crippen molar-refractivity contribution < 1.29 is 0 Å². The second-order valence-electron chi connectivity index (χ2n) is 1.59. The van der Waals surface area contributed by atoms with Crippen molar-refractivity contribution in [3.63, 3.8) is 0 Å². The molecule has 0 heterocycles. The molecule has 1 aromatic carbocycles. The van der Waals surface area contributed by atoms with E-state index >= 15 is 0 Å². The molecular weight excluding hydrogens is 247 g/mol. The summed E-state index contributed by atoms with van der Waals surface area (Å²) in [5, 5.41) is 1.30. The molecule has 0 bridgehead atoms. The van der Waals surface area contributed by atoms with E-state index in [1.54, 1.807) is 18.2 Å². The molecule has 0 radical (unpaired) electrons. The summed E-state index contributed by atoms with van der Waals surface area (Å²) in [6, 6.07) is 5.26. The van der Waals surface area contributed by atoms with E-state index in [0.29, 0.717) is 10.0 Å². The monoisotopic (exact) mass is 250 g/mol. The molecule has 0 spiro atoms. The number of rotatable bonds is 0. The Morgan fingerprint density at radius 2 is 1.40 bits per heavy atom. The van der Waals surface area contributed by atoms with E-state index < -0.39 is 0 Å². The van der Waals surface area contributed by atoms with Gasteiger partial charge in [0, 0.05) is 14.5 Å². The van der Waals surface area contributed by atoms with Gasteiger partial charge in [-0.05, 0) is 18.2 Å². The van der Waals surface area contributed by atoms with Crippen LogP contribution in [0.3, 0.4) is 0 Å². The largest absolute Gasteiger partial charge is 0.316 e. The minimum Gasteiger partial charge on any atom is -0.0842 e. The van der Waals surface area contributed by atoms with Crippen LogP contribution >= 0.6 is 39.1 Å². The van der Waals surface area contributed by atoms with Gasteiger partial charge in [0.2, 0.25) is 0 Å². The highest BCUT2D eigenvalue weighted by molar-refractivity contribution is 9.10. The zero-order valence-electron chi connectivity index (χ0n) is 4.37. The Kier molecular flexibility index (Phi) is 5.34. The smallest absolute Gasteiger partial charge is 0.0842 e. The SMILES string of the molecule is Clc1cc(Cl)cc(Br)c1.[MgH2]. The quantitative estimate of drug-likeness (QED) is 0.623. The molecule has 0 aliphatic heterocycles. The third-order valence-corrected chi connectivity index (χ3v) is 1.72. The lowest BCUT2D eigenvalue weighted by molar-refractivity contribution is 1.65. The van der Waals surface area contributed by atoms with Gasteiger partial charge in [-0.15, -0.1) is 0 Å². The van der Waals surface area contributed by atoms with Gasteiger partial charge in [0.1, 0.15) is 0 Å². The predicted molar refractivity (Wildman–Crippen MR) is 52.7 cm³/mol. The fourth-order valence-electron chi connectivity index (χ4n) is 0.520. The molecule has 0 nitrogen and oxygen atoms in total. The fraction of sp³-hybridized carbons (Fsp3) is 0. The van der Waals surface area contributed by atoms with Crippen LogP contribution < -0.4 is 0 Å². The predicted octanol–water partition coefficient (Wildman–Crippen LogP) is 2.84. The van der Waals surface area contributed by atoms with E-state index in [9.17, 15) is 0 Å². The summed E-state index contributed by atoms with van der Waals surface area (Å²) >= 11 is 14.5. The molecule has 0 saturated carbocycles. The lowest BCUT2D eigenvalue weighted by Crippen LogP contribution is -1.66. The van der Waals surface area contributed by atoms with Crippen molar-refractivity contribution in [3.8, 4) is 0 Å². The van der Waals surface area contributed by atoms with Crippen molar-refractivity contribution in [2.45, 2.75) is 0 Å². The summed E-state index contributed by atoms with van der Waals surface area (Å²) in [5.74, 6) is 0. The Balaban J connectivity index is 0.000000810. The highest BCUT2D eigenvalue weighted by atomic mass is 79.9. The summed E-state index contributed by atoms with van der Waals surface area (Å²) in [6.45, 7) is 0. The minimum absolute atomic E-state index is 0. The summed E-state index contributed by atoms with van der Waals surface area (Å²) in [5.41, 5.74) is 0. The van der Waals surface area contributed by atoms with E-state index in [4.69, 9.17) is 23.2 Å². The van der Waals surface area contributed by atoms with E-state index in [2.05, 4.69) is 15.9 Å². The van der Waals surface area contributed by atoms with Crippen molar-refractivity contribution in [1.29, 1.82) is 0 Å². The molecule has 4 heteroatoms. The third kappa shape index (κ3) is 3.44. The Bertz CT molecular complexity index is 177. The van der Waals surface area contributed by atoms with E-state index in [0.717, 1.165) is 4.47 Å². The molecule has 1 rings (SSSR count). The van der Waals surface area contributed by atoms with E-state index in [-0.39, 0.29) is 23.1 Å². The van der Waals surface area contributed by atoms with Gasteiger partial charge in [-0.2, -0.15) is 0 Å². The van der Waals surface area contributed by atoms with Crippen molar-refractivity contribution in [2.24, 2.45) is 0 Å². The van der Waals surface area contributed by atoms with Gasteiger partial charge in [0.05, 0.1) is 0 Å². The van der Waals surface area contributed by atoms with E-state index in [1.807, 2.05) is 0 Å². The minimum atomic E-state index is 0. The van der Waals surface area contributed by atoms with Crippen molar-refractivity contribution in [1.82, 2.24) is 0 Å². The molecule has 0 unspecified atom stereocenters. The first-order chi connectivity index (χ1) is 4.18. The Labute approximate surface area is 94.2 Å². The molecule has 0 aliphatic carbocycles. The Morgan fingerprint density at radius 3 is 1.70 bits per heavy atom. The molecule has 0 N–H and O–H groups in total. The van der Waals surface area contributed by atoms with Crippen molar-refractivity contribution in [2.75, 3.05) is 0 Å². The maximum Gasteiger partial charge on any atom is 0.316 e. The Hall–Kier alpha value is 1.05. The van der Waals surface area contributed by atoms with Crippen molar-refractivity contribution >= 4 is 62.2 Å². The van der Waals surface area contributed by atoms with Crippen LogP contribution in [0.2, 0.25) is 10.0 Å². The summed E-state index contributed by atoms with van der Waals surface area (Å²) in [7, 11) is 0. The number of halogens is 3. The highest BCUT2D eigenvalue weighted by Gasteiger charge is 1.92. The van der Waals surface area contributed by atoms with Gasteiger partial charge >= 0.3 is 23.1 Å². The van der Waals surface area contributed by atoms with Crippen LogP contribution in [0, 0.1) is 0 Å². The zero-order chi connectivity index (χ0) is 6.85. The molecule has 0 saturated heterocycles. The summed E-state index contributed by atoms with van der Waals surface area (Å²) < 4.78 is 0.903. The Morgan fingerprint density at radius 1 is 1.00 bits per heavy atom. The lowest BCUT2D eigenvalue weighted by atomic mass is 10.4. The van der Waals surface area contributed by atoms with Gasteiger partial charge in [0.25, 0.3) is 0 Å². The van der Waals surface area contributed by atoms with Gasteiger partial charge < -0.3 is 0 Å². The molecule has 0 aromatic heterocycles. The van der Waals surface area contributed by atoms with Gasteiger partial charge in [-0.1, -0.05) is 39.1 Å². The first-order valence-corrected chi connectivity index (χ1v) is 3.85. The number of hydrogen-bond acceptors (Lipinski definition) is 0. The normalized spacial score (nSPS) is 8.70. The van der Waals surface area contributed by atoms with Crippen LogP contribution in [0.25, 0.3) is 0 Å². The third-order valence-electron chi connectivity index (χ3n) is 0.827. The lowest BCUT2D eigenvalue weighted by Gasteiger charge is -1.92. The second kappa shape index (κ2) is 4.83. The molecular formula is C6H5BrCl2Mg. The topological polar surface area (TPSA) is 0 Å². The molecule has 10 heavy (non-hydrogen) atoms. The van der Waals surface area contributed by atoms with E-state index in [1.165, 1.54) is 0 Å². The number of hydrogen-bond donors (Lipinski definition) is 0. The fourth-order valence-corrected chi connectivity index (χ4v) is 1.80. The van der Waals surface area contributed by atoms with Crippen molar-refractivity contribution in [3.05, 3.63) is 32.7 Å². The molecule has 0 fully saturated rings. The average Bonchev–Trinajstić information content (AvgIpc) is 1.59. The van der Waals surface area contributed by atoms with Crippen LogP contribution in [0.5, 0.6) is 0 Å². The summed E-state index contributed by atoms with van der Waals surface area (Å²) in [4.78, 5) is 0. The molecule has 0 amide bonds. The zero-order valence-corrected chi connectivity index (χ0v) is 7.46. The average molecular weight is 252 g/mol. The van der Waals surface area contributed by atoms with Gasteiger partial charge in [0.15, 0.2) is 0 Å². The maximum atomic E-state index is 5.64.